The van der Waals surface area contributed by atoms with E-state index in [1.54, 1.807) is 30.6 Å². The lowest BCUT2D eigenvalue weighted by molar-refractivity contribution is -0.122. The fourth-order valence-corrected chi connectivity index (χ4v) is 2.63. The average Bonchev–Trinajstić information content (AvgIpc) is 3.08. The smallest absolute Gasteiger partial charge is 0.250 e. The van der Waals surface area contributed by atoms with Crippen molar-refractivity contribution in [1.29, 1.82) is 0 Å². The number of hydrogen-bond donors (Lipinski definition) is 1. The fraction of sp³-hybridized carbons (Fsp3) is 0.333. The normalized spacial score (nSPS) is 14.6. The van der Waals surface area contributed by atoms with Crippen LogP contribution in [0.3, 0.4) is 0 Å². The largest absolute Gasteiger partial charge is 0.457 e. The molecule has 1 aliphatic carbocycles. The van der Waals surface area contributed by atoms with E-state index in [-0.39, 0.29) is 18.6 Å². The maximum atomic E-state index is 12.0. The van der Waals surface area contributed by atoms with Crippen molar-refractivity contribution in [2.24, 2.45) is 0 Å². The van der Waals surface area contributed by atoms with Crippen LogP contribution in [0.15, 0.2) is 48.8 Å². The summed E-state index contributed by atoms with van der Waals surface area (Å²) in [6, 6.07) is 10.8. The molecule has 0 radical (unpaired) electrons. The lowest BCUT2D eigenvalue weighted by Crippen LogP contribution is -2.21. The molecule has 2 aromatic rings. The second-order valence-electron chi connectivity index (χ2n) is 5.58. The van der Waals surface area contributed by atoms with Gasteiger partial charge >= 0.3 is 0 Å². The molecule has 23 heavy (non-hydrogen) atoms. The van der Waals surface area contributed by atoms with E-state index in [9.17, 15) is 4.79 Å². The number of carbonyl (C=O) groups excluding carboxylic acids is 1. The second kappa shape index (κ2) is 7.74. The van der Waals surface area contributed by atoms with Crippen LogP contribution < -0.4 is 10.1 Å². The number of ether oxygens (including phenoxy) is 2. The number of hydrogen-bond acceptors (Lipinski definition) is 4. The first-order chi connectivity index (χ1) is 11.3. The highest BCUT2D eigenvalue weighted by molar-refractivity contribution is 5.91. The number of rotatable bonds is 6. The summed E-state index contributed by atoms with van der Waals surface area (Å²) < 4.78 is 11.3. The molecule has 1 saturated carbocycles. The molecule has 1 heterocycles. The van der Waals surface area contributed by atoms with Crippen LogP contribution in [0.2, 0.25) is 0 Å². The molecule has 3 rings (SSSR count). The zero-order valence-corrected chi connectivity index (χ0v) is 12.9. The van der Waals surface area contributed by atoms with Gasteiger partial charge in [-0.2, -0.15) is 0 Å². The van der Waals surface area contributed by atoms with Crippen molar-refractivity contribution in [1.82, 2.24) is 4.98 Å². The molecule has 0 spiro atoms. The molecule has 0 aliphatic heterocycles. The third kappa shape index (κ3) is 4.79. The summed E-state index contributed by atoms with van der Waals surface area (Å²) >= 11 is 0. The van der Waals surface area contributed by atoms with E-state index < -0.39 is 0 Å². The Balaban J connectivity index is 1.53. The Bertz CT molecular complexity index is 640. The maximum absolute atomic E-state index is 12.0. The Hall–Kier alpha value is -2.40. The highest BCUT2D eigenvalue weighted by atomic mass is 16.5. The second-order valence-corrected chi connectivity index (χ2v) is 5.58. The first kappa shape index (κ1) is 15.5. The summed E-state index contributed by atoms with van der Waals surface area (Å²) in [6.45, 7) is 0.0973. The molecule has 1 aromatic carbocycles. The van der Waals surface area contributed by atoms with Gasteiger partial charge in [0.05, 0.1) is 6.10 Å². The number of benzene rings is 1. The highest BCUT2D eigenvalue weighted by Crippen LogP contribution is 2.24. The van der Waals surface area contributed by atoms with Gasteiger partial charge in [-0.25, -0.2) is 0 Å². The summed E-state index contributed by atoms with van der Waals surface area (Å²) in [5.74, 6) is 1.22. The minimum Gasteiger partial charge on any atom is -0.457 e. The third-order valence-electron chi connectivity index (χ3n) is 3.76. The van der Waals surface area contributed by atoms with Crippen molar-refractivity contribution < 1.29 is 14.3 Å². The lowest BCUT2D eigenvalue weighted by Gasteiger charge is -2.12. The monoisotopic (exact) mass is 312 g/mol. The maximum Gasteiger partial charge on any atom is 0.250 e. The van der Waals surface area contributed by atoms with Gasteiger partial charge in [0.2, 0.25) is 5.91 Å². The van der Waals surface area contributed by atoms with E-state index in [1.165, 1.54) is 12.8 Å². The summed E-state index contributed by atoms with van der Waals surface area (Å²) in [5, 5.41) is 2.84. The molecule has 1 amide bonds. The van der Waals surface area contributed by atoms with E-state index in [0.29, 0.717) is 17.2 Å². The van der Waals surface area contributed by atoms with E-state index in [0.717, 1.165) is 12.8 Å². The van der Waals surface area contributed by atoms with Crippen LogP contribution in [0.5, 0.6) is 11.5 Å². The number of carbonyl (C=O) groups is 1. The molecule has 1 N–H and O–H groups in total. The van der Waals surface area contributed by atoms with Gasteiger partial charge in [-0.15, -0.1) is 0 Å². The van der Waals surface area contributed by atoms with Crippen LogP contribution in [0, 0.1) is 0 Å². The molecule has 5 heteroatoms. The molecule has 1 aromatic heterocycles. The molecule has 0 unspecified atom stereocenters. The Morgan fingerprint density at radius 3 is 2.70 bits per heavy atom. The summed E-state index contributed by atoms with van der Waals surface area (Å²) in [5.41, 5.74) is 0.691. The quantitative estimate of drug-likeness (QED) is 0.882. The van der Waals surface area contributed by atoms with E-state index >= 15 is 0 Å². The van der Waals surface area contributed by atoms with Gasteiger partial charge < -0.3 is 14.8 Å². The molecule has 0 atom stereocenters. The van der Waals surface area contributed by atoms with Crippen LogP contribution >= 0.6 is 0 Å². The standard InChI is InChI=1S/C18H20N2O3/c21-18(13-22-15-5-1-2-6-15)20-14-4-3-7-17(12-14)23-16-8-10-19-11-9-16/h3-4,7-12,15H,1-2,5-6,13H2,(H,20,21). The van der Waals surface area contributed by atoms with Crippen LogP contribution in [-0.2, 0) is 9.53 Å². The zero-order chi connectivity index (χ0) is 15.9. The molecule has 0 bridgehead atoms. The van der Waals surface area contributed by atoms with Crippen LogP contribution in [0.4, 0.5) is 5.69 Å². The van der Waals surface area contributed by atoms with Gasteiger partial charge in [0.1, 0.15) is 18.1 Å². The Morgan fingerprint density at radius 2 is 1.91 bits per heavy atom. The van der Waals surface area contributed by atoms with Crippen molar-refractivity contribution >= 4 is 11.6 Å². The molecular weight excluding hydrogens is 292 g/mol. The average molecular weight is 312 g/mol. The number of anilines is 1. The van der Waals surface area contributed by atoms with E-state index in [4.69, 9.17) is 9.47 Å². The Labute approximate surface area is 135 Å². The van der Waals surface area contributed by atoms with Crippen molar-refractivity contribution in [2.75, 3.05) is 11.9 Å². The fourth-order valence-electron chi connectivity index (χ4n) is 2.63. The summed E-state index contributed by atoms with van der Waals surface area (Å²) in [6.07, 6.45) is 8.08. The van der Waals surface area contributed by atoms with Crippen LogP contribution in [-0.4, -0.2) is 23.6 Å². The lowest BCUT2D eigenvalue weighted by atomic mass is 10.3. The number of amides is 1. The van der Waals surface area contributed by atoms with Gasteiger partial charge in [-0.1, -0.05) is 18.9 Å². The van der Waals surface area contributed by atoms with Crippen molar-refractivity contribution in [3.63, 3.8) is 0 Å². The molecule has 5 nitrogen and oxygen atoms in total. The Morgan fingerprint density at radius 1 is 1.13 bits per heavy atom. The molecule has 1 aliphatic rings. The van der Waals surface area contributed by atoms with E-state index in [1.807, 2.05) is 18.2 Å². The number of aromatic nitrogens is 1. The van der Waals surface area contributed by atoms with Crippen molar-refractivity contribution in [2.45, 2.75) is 31.8 Å². The van der Waals surface area contributed by atoms with Gasteiger partial charge in [0.15, 0.2) is 0 Å². The third-order valence-corrected chi connectivity index (χ3v) is 3.76. The van der Waals surface area contributed by atoms with Gasteiger partial charge in [-0.3, -0.25) is 9.78 Å². The molecule has 0 saturated heterocycles. The Kier molecular flexibility index (Phi) is 5.21. The molecule has 120 valence electrons. The number of nitrogens with zero attached hydrogens (tertiary/aromatic N) is 1. The van der Waals surface area contributed by atoms with E-state index in [2.05, 4.69) is 10.3 Å². The minimum absolute atomic E-state index is 0.0973. The number of nitrogens with one attached hydrogen (secondary N) is 1. The van der Waals surface area contributed by atoms with Crippen LogP contribution in [0.25, 0.3) is 0 Å². The summed E-state index contributed by atoms with van der Waals surface area (Å²) in [4.78, 5) is 15.9. The first-order valence-corrected chi connectivity index (χ1v) is 7.89. The molecular formula is C18H20N2O3. The van der Waals surface area contributed by atoms with Crippen molar-refractivity contribution in [3.05, 3.63) is 48.8 Å². The number of pyridine rings is 1. The first-order valence-electron chi connectivity index (χ1n) is 7.89. The van der Waals surface area contributed by atoms with Crippen molar-refractivity contribution in [3.8, 4) is 11.5 Å². The molecule has 1 fully saturated rings. The predicted molar refractivity (Wildman–Crippen MR) is 87.6 cm³/mol. The summed E-state index contributed by atoms with van der Waals surface area (Å²) in [7, 11) is 0. The van der Waals surface area contributed by atoms with Gasteiger partial charge in [0.25, 0.3) is 0 Å². The highest BCUT2D eigenvalue weighted by Gasteiger charge is 2.16. The SMILES string of the molecule is O=C(COC1CCCC1)Nc1cccc(Oc2ccncc2)c1. The predicted octanol–water partition coefficient (Wildman–Crippen LogP) is 3.77. The zero-order valence-electron chi connectivity index (χ0n) is 12.9. The topological polar surface area (TPSA) is 60.5 Å². The van der Waals surface area contributed by atoms with Gasteiger partial charge in [-0.05, 0) is 37.1 Å². The van der Waals surface area contributed by atoms with Crippen LogP contribution in [0.1, 0.15) is 25.7 Å². The van der Waals surface area contributed by atoms with Gasteiger partial charge in [0, 0.05) is 24.1 Å². The minimum atomic E-state index is -0.141.